The maximum Gasteiger partial charge on any atom is 0.317 e. The van der Waals surface area contributed by atoms with Crippen LogP contribution in [-0.4, -0.2) is 33.1 Å². The number of amides is 1. The van der Waals surface area contributed by atoms with Gasteiger partial charge in [-0.05, 0) is 35.0 Å². The molecule has 2 N–H and O–H groups in total. The highest BCUT2D eigenvalue weighted by Gasteiger charge is 2.29. The Hall–Kier alpha value is -1.19. The predicted octanol–water partition coefficient (Wildman–Crippen LogP) is 2.30. The molecule has 1 unspecified atom stereocenters. The Labute approximate surface area is 131 Å². The van der Waals surface area contributed by atoms with Crippen molar-refractivity contribution in [3.8, 4) is 0 Å². The fourth-order valence-electron chi connectivity index (χ4n) is 1.41. The van der Waals surface area contributed by atoms with Gasteiger partial charge in [-0.2, -0.15) is 5.10 Å². The lowest BCUT2D eigenvalue weighted by atomic mass is 10.3. The molecule has 2 heterocycles. The van der Waals surface area contributed by atoms with E-state index in [4.69, 9.17) is 5.11 Å². The van der Waals surface area contributed by atoms with E-state index in [1.54, 1.807) is 6.92 Å². The monoisotopic (exact) mass is 375 g/mol. The number of nitrogens with one attached hydrogen (secondary N) is 1. The fraction of sp³-hybridized carbons (Fsp3) is 0.273. The van der Waals surface area contributed by atoms with Gasteiger partial charge in [-0.25, -0.2) is 0 Å². The zero-order valence-electron chi connectivity index (χ0n) is 10.3. The first kappa shape index (κ1) is 15.2. The number of carboxylic acids is 1. The lowest BCUT2D eigenvalue weighted by molar-refractivity contribution is -0.138. The van der Waals surface area contributed by atoms with Crippen LogP contribution in [0.2, 0.25) is 0 Å². The molecule has 1 aromatic heterocycles. The van der Waals surface area contributed by atoms with Crippen LogP contribution in [0.5, 0.6) is 0 Å². The van der Waals surface area contributed by atoms with Gasteiger partial charge in [-0.15, -0.1) is 16.4 Å². The number of carboxylic acid groups (broad SMARTS) is 1. The first-order chi connectivity index (χ1) is 9.45. The molecule has 1 aromatic rings. The minimum Gasteiger partial charge on any atom is -0.480 e. The normalized spacial score (nSPS) is 21.9. The molecule has 0 bridgehead atoms. The van der Waals surface area contributed by atoms with E-state index in [0.29, 0.717) is 5.71 Å². The quantitative estimate of drug-likeness (QED) is 0.626. The van der Waals surface area contributed by atoms with Crippen molar-refractivity contribution < 1.29 is 14.7 Å². The number of halogens is 1. The van der Waals surface area contributed by atoms with Crippen molar-refractivity contribution in [1.82, 2.24) is 5.32 Å². The highest BCUT2D eigenvalue weighted by Crippen LogP contribution is 2.23. The number of rotatable bonds is 3. The van der Waals surface area contributed by atoms with E-state index in [-0.39, 0.29) is 17.5 Å². The molecule has 1 fully saturated rings. The molecule has 2 rings (SSSR count). The number of thioether (sulfide) groups is 1. The van der Waals surface area contributed by atoms with Crippen molar-refractivity contribution in [3.05, 3.63) is 20.8 Å². The highest BCUT2D eigenvalue weighted by atomic mass is 79.9. The molecule has 20 heavy (non-hydrogen) atoms. The maximum atomic E-state index is 11.4. The van der Waals surface area contributed by atoms with Crippen LogP contribution in [0.4, 0.5) is 0 Å². The topological polar surface area (TPSA) is 91.1 Å². The number of carbonyl (C=O) groups is 2. The summed E-state index contributed by atoms with van der Waals surface area (Å²) in [7, 11) is 0. The largest absolute Gasteiger partial charge is 0.480 e. The molecular formula is C11H10BrN3O3S2. The maximum absolute atomic E-state index is 11.4. The van der Waals surface area contributed by atoms with Gasteiger partial charge in [-0.1, -0.05) is 11.8 Å². The van der Waals surface area contributed by atoms with Crippen molar-refractivity contribution in [2.75, 3.05) is 0 Å². The summed E-state index contributed by atoms with van der Waals surface area (Å²) in [5.74, 6) is -1.39. The van der Waals surface area contributed by atoms with E-state index < -0.39 is 11.2 Å². The van der Waals surface area contributed by atoms with Gasteiger partial charge in [-0.3, -0.25) is 9.59 Å². The summed E-state index contributed by atoms with van der Waals surface area (Å²) < 4.78 is 0.987. The summed E-state index contributed by atoms with van der Waals surface area (Å²) >= 11 is 5.87. The second kappa shape index (κ2) is 6.51. The summed E-state index contributed by atoms with van der Waals surface area (Å²) in [4.78, 5) is 23.2. The van der Waals surface area contributed by atoms with Crippen LogP contribution >= 0.6 is 39.0 Å². The summed E-state index contributed by atoms with van der Waals surface area (Å²) in [5.41, 5.74) is 0.695. The summed E-state index contributed by atoms with van der Waals surface area (Å²) in [6.45, 7) is 1.80. The van der Waals surface area contributed by atoms with Crippen LogP contribution in [-0.2, 0) is 9.59 Å². The SMILES string of the molecule is C/C(=N\N=C1NC(=O)CC(C(=O)O)S1)c1ccc(Br)s1. The molecule has 1 saturated heterocycles. The van der Waals surface area contributed by atoms with Crippen molar-refractivity contribution in [2.45, 2.75) is 18.6 Å². The summed E-state index contributed by atoms with van der Waals surface area (Å²) in [5, 5.41) is 18.8. The molecule has 1 aliphatic heterocycles. The zero-order chi connectivity index (χ0) is 14.7. The van der Waals surface area contributed by atoms with Gasteiger partial charge in [0, 0.05) is 6.42 Å². The van der Waals surface area contributed by atoms with Gasteiger partial charge < -0.3 is 10.4 Å². The predicted molar refractivity (Wildman–Crippen MR) is 83.4 cm³/mol. The Bertz CT molecular complexity index is 612. The fourth-order valence-corrected chi connectivity index (χ4v) is 3.60. The van der Waals surface area contributed by atoms with E-state index in [0.717, 1.165) is 20.4 Å². The van der Waals surface area contributed by atoms with Crippen LogP contribution < -0.4 is 5.32 Å². The lowest BCUT2D eigenvalue weighted by Crippen LogP contribution is -2.40. The van der Waals surface area contributed by atoms with E-state index in [1.165, 1.54) is 11.3 Å². The molecule has 0 saturated carbocycles. The number of nitrogens with zero attached hydrogens (tertiary/aromatic N) is 2. The second-order valence-corrected chi connectivity index (χ2v) is 7.55. The second-order valence-electron chi connectivity index (χ2n) is 3.89. The molecule has 1 atom stereocenters. The lowest BCUT2D eigenvalue weighted by Gasteiger charge is -2.18. The van der Waals surface area contributed by atoms with Crippen molar-refractivity contribution in [2.24, 2.45) is 10.2 Å². The molecule has 0 radical (unpaired) electrons. The first-order valence-corrected chi connectivity index (χ1v) is 8.02. The van der Waals surface area contributed by atoms with Crippen LogP contribution in [0.25, 0.3) is 0 Å². The average Bonchev–Trinajstić information content (AvgIpc) is 2.82. The number of amidine groups is 1. The van der Waals surface area contributed by atoms with E-state index >= 15 is 0 Å². The van der Waals surface area contributed by atoms with Crippen molar-refractivity contribution in [1.29, 1.82) is 0 Å². The number of hydrogen-bond acceptors (Lipinski definition) is 6. The van der Waals surface area contributed by atoms with Gasteiger partial charge >= 0.3 is 5.97 Å². The molecule has 1 amide bonds. The third kappa shape index (κ3) is 3.90. The molecule has 9 heteroatoms. The Morgan fingerprint density at radius 3 is 2.90 bits per heavy atom. The van der Waals surface area contributed by atoms with Crippen LogP contribution in [0.1, 0.15) is 18.2 Å². The molecule has 0 spiro atoms. The van der Waals surface area contributed by atoms with E-state index in [1.807, 2.05) is 12.1 Å². The van der Waals surface area contributed by atoms with Crippen LogP contribution in [0.3, 0.4) is 0 Å². The van der Waals surface area contributed by atoms with Crippen molar-refractivity contribution >= 4 is 61.8 Å². The third-order valence-electron chi connectivity index (χ3n) is 2.37. The first-order valence-electron chi connectivity index (χ1n) is 5.53. The highest BCUT2D eigenvalue weighted by molar-refractivity contribution is 9.11. The molecular weight excluding hydrogens is 366 g/mol. The molecule has 0 aliphatic carbocycles. The molecule has 106 valence electrons. The van der Waals surface area contributed by atoms with Gasteiger partial charge in [0.1, 0.15) is 5.25 Å². The standard InChI is InChI=1S/C11H10BrN3O3S2/c1-5(6-2-3-8(12)19-6)14-15-11-13-9(16)4-7(20-11)10(17)18/h2-3,7H,4H2,1H3,(H,17,18)(H,13,15,16)/b14-5+. The van der Waals surface area contributed by atoms with E-state index in [2.05, 4.69) is 31.4 Å². The smallest absolute Gasteiger partial charge is 0.317 e. The minimum absolute atomic E-state index is 0.0560. The number of thiophene rings is 1. The third-order valence-corrected chi connectivity index (χ3v) is 5.16. The molecule has 6 nitrogen and oxygen atoms in total. The number of aliphatic carboxylic acids is 1. The van der Waals surface area contributed by atoms with Crippen LogP contribution in [0.15, 0.2) is 26.1 Å². The minimum atomic E-state index is -1.03. The Kier molecular flexibility index (Phi) is 4.95. The Balaban J connectivity index is 2.13. The summed E-state index contributed by atoms with van der Waals surface area (Å²) in [6.07, 6.45) is -0.0560. The zero-order valence-corrected chi connectivity index (χ0v) is 13.5. The number of carbonyl (C=O) groups excluding carboxylic acids is 1. The summed E-state index contributed by atoms with van der Waals surface area (Å²) in [6, 6.07) is 3.81. The number of hydrogen-bond donors (Lipinski definition) is 2. The Morgan fingerprint density at radius 1 is 1.55 bits per heavy atom. The van der Waals surface area contributed by atoms with Gasteiger partial charge in [0.25, 0.3) is 0 Å². The Morgan fingerprint density at radius 2 is 2.30 bits per heavy atom. The van der Waals surface area contributed by atoms with Crippen LogP contribution in [0, 0.1) is 0 Å². The van der Waals surface area contributed by atoms with Gasteiger partial charge in [0.15, 0.2) is 5.17 Å². The van der Waals surface area contributed by atoms with E-state index in [9.17, 15) is 9.59 Å². The van der Waals surface area contributed by atoms with Gasteiger partial charge in [0.2, 0.25) is 5.91 Å². The molecule has 0 aromatic carbocycles. The van der Waals surface area contributed by atoms with Crippen molar-refractivity contribution in [3.63, 3.8) is 0 Å². The average molecular weight is 376 g/mol. The molecule has 1 aliphatic rings. The van der Waals surface area contributed by atoms with Gasteiger partial charge in [0.05, 0.1) is 14.4 Å².